The van der Waals surface area contributed by atoms with Gasteiger partial charge in [-0.2, -0.15) is 0 Å². The zero-order valence-corrected chi connectivity index (χ0v) is 11.0. The molecule has 1 aliphatic carbocycles. The Labute approximate surface area is 107 Å². The lowest BCUT2D eigenvalue weighted by molar-refractivity contribution is 0.0946. The second kappa shape index (κ2) is 5.80. The van der Waals surface area contributed by atoms with Gasteiger partial charge in [-0.15, -0.1) is 0 Å². The number of rotatable bonds is 6. The molecule has 0 radical (unpaired) electrons. The maximum Gasteiger partial charge on any atom is 0.270 e. The van der Waals surface area contributed by atoms with Crippen molar-refractivity contribution in [1.29, 1.82) is 0 Å². The molecule has 0 aliphatic heterocycles. The van der Waals surface area contributed by atoms with Crippen LogP contribution in [0.4, 0.5) is 5.95 Å². The summed E-state index contributed by atoms with van der Waals surface area (Å²) in [5, 5.41) is 6.02. The lowest BCUT2D eigenvalue weighted by atomic mass is 10.3. The predicted octanol–water partition coefficient (Wildman–Crippen LogP) is 1.75. The fourth-order valence-electron chi connectivity index (χ4n) is 1.65. The normalized spacial score (nSPS) is 14.3. The summed E-state index contributed by atoms with van der Waals surface area (Å²) in [6.07, 6.45) is 3.46. The van der Waals surface area contributed by atoms with Gasteiger partial charge in [-0.1, -0.05) is 6.92 Å². The van der Waals surface area contributed by atoms with Crippen molar-refractivity contribution in [3.63, 3.8) is 0 Å². The molecule has 2 N–H and O–H groups in total. The molecule has 0 saturated heterocycles. The van der Waals surface area contributed by atoms with E-state index in [4.69, 9.17) is 0 Å². The first kappa shape index (κ1) is 12.8. The molecule has 1 aromatic heterocycles. The summed E-state index contributed by atoms with van der Waals surface area (Å²) in [4.78, 5) is 20.4. The van der Waals surface area contributed by atoms with Crippen LogP contribution >= 0.6 is 0 Å². The van der Waals surface area contributed by atoms with Crippen molar-refractivity contribution in [3.8, 4) is 0 Å². The molecule has 1 aliphatic rings. The van der Waals surface area contributed by atoms with E-state index in [1.807, 2.05) is 6.92 Å². The molecule has 5 heteroatoms. The number of hydrogen-bond acceptors (Lipinski definition) is 4. The Morgan fingerprint density at radius 3 is 2.89 bits per heavy atom. The third-order valence-corrected chi connectivity index (χ3v) is 2.87. The van der Waals surface area contributed by atoms with Crippen molar-refractivity contribution in [3.05, 3.63) is 17.5 Å². The number of anilines is 1. The molecule has 0 atom stereocenters. The van der Waals surface area contributed by atoms with Crippen molar-refractivity contribution < 1.29 is 4.79 Å². The van der Waals surface area contributed by atoms with Gasteiger partial charge in [0.1, 0.15) is 5.69 Å². The van der Waals surface area contributed by atoms with Crippen LogP contribution in [0.2, 0.25) is 0 Å². The largest absolute Gasteiger partial charge is 0.354 e. The van der Waals surface area contributed by atoms with Crippen LogP contribution in [0.1, 0.15) is 42.4 Å². The molecule has 1 aromatic rings. The molecule has 0 spiro atoms. The van der Waals surface area contributed by atoms with Gasteiger partial charge >= 0.3 is 0 Å². The average molecular weight is 248 g/mol. The van der Waals surface area contributed by atoms with E-state index in [9.17, 15) is 4.79 Å². The quantitative estimate of drug-likeness (QED) is 0.805. The Kier molecular flexibility index (Phi) is 4.12. The molecule has 1 saturated carbocycles. The standard InChI is InChI=1S/C13H20N4O/c1-3-6-14-13-16-9(2)7-11(17-13)12(18)15-8-10-4-5-10/h7,10H,3-6,8H2,1-2H3,(H,15,18)(H,14,16,17). The maximum absolute atomic E-state index is 11.9. The average Bonchev–Trinajstić information content (AvgIpc) is 3.16. The van der Waals surface area contributed by atoms with Crippen molar-refractivity contribution >= 4 is 11.9 Å². The van der Waals surface area contributed by atoms with Crippen LogP contribution < -0.4 is 10.6 Å². The summed E-state index contributed by atoms with van der Waals surface area (Å²) >= 11 is 0. The molecule has 0 unspecified atom stereocenters. The number of carbonyl (C=O) groups is 1. The summed E-state index contributed by atoms with van der Waals surface area (Å²) in [5.74, 6) is 1.11. The van der Waals surface area contributed by atoms with Gasteiger partial charge in [-0.3, -0.25) is 4.79 Å². The van der Waals surface area contributed by atoms with Gasteiger partial charge < -0.3 is 10.6 Å². The lowest BCUT2D eigenvalue weighted by Crippen LogP contribution is -2.27. The number of carbonyl (C=O) groups excluding carboxylic acids is 1. The Morgan fingerprint density at radius 2 is 2.22 bits per heavy atom. The van der Waals surface area contributed by atoms with Crippen molar-refractivity contribution in [1.82, 2.24) is 15.3 Å². The Balaban J connectivity index is 2.00. The zero-order chi connectivity index (χ0) is 13.0. The van der Waals surface area contributed by atoms with Crippen molar-refractivity contribution in [2.45, 2.75) is 33.1 Å². The van der Waals surface area contributed by atoms with E-state index in [1.165, 1.54) is 12.8 Å². The van der Waals surface area contributed by atoms with E-state index in [1.54, 1.807) is 6.07 Å². The summed E-state index contributed by atoms with van der Waals surface area (Å²) in [5.41, 5.74) is 1.25. The van der Waals surface area contributed by atoms with Crippen LogP contribution in [0.3, 0.4) is 0 Å². The Morgan fingerprint density at radius 1 is 1.44 bits per heavy atom. The summed E-state index contributed by atoms with van der Waals surface area (Å²) in [6.45, 7) is 5.52. The van der Waals surface area contributed by atoms with Crippen LogP contribution in [-0.4, -0.2) is 29.0 Å². The molecule has 1 heterocycles. The van der Waals surface area contributed by atoms with E-state index in [-0.39, 0.29) is 5.91 Å². The summed E-state index contributed by atoms with van der Waals surface area (Å²) < 4.78 is 0. The van der Waals surface area contributed by atoms with Gasteiger partial charge in [-0.05, 0) is 38.2 Å². The minimum absolute atomic E-state index is 0.105. The molecule has 1 fully saturated rings. The van der Waals surface area contributed by atoms with Crippen LogP contribution in [0.15, 0.2) is 6.07 Å². The van der Waals surface area contributed by atoms with E-state index in [0.29, 0.717) is 17.6 Å². The molecular weight excluding hydrogens is 228 g/mol. The molecule has 18 heavy (non-hydrogen) atoms. The summed E-state index contributed by atoms with van der Waals surface area (Å²) in [7, 11) is 0. The van der Waals surface area contributed by atoms with Gasteiger partial charge in [0.25, 0.3) is 5.91 Å². The van der Waals surface area contributed by atoms with E-state index in [0.717, 1.165) is 25.2 Å². The maximum atomic E-state index is 11.9. The minimum atomic E-state index is -0.105. The van der Waals surface area contributed by atoms with Gasteiger partial charge in [0, 0.05) is 18.8 Å². The number of aromatic nitrogens is 2. The van der Waals surface area contributed by atoms with Crippen LogP contribution in [-0.2, 0) is 0 Å². The molecule has 0 aromatic carbocycles. The predicted molar refractivity (Wildman–Crippen MR) is 70.6 cm³/mol. The van der Waals surface area contributed by atoms with Gasteiger partial charge in [0.15, 0.2) is 0 Å². The number of nitrogens with zero attached hydrogens (tertiary/aromatic N) is 2. The highest BCUT2D eigenvalue weighted by Crippen LogP contribution is 2.27. The molecule has 1 amide bonds. The van der Waals surface area contributed by atoms with E-state index >= 15 is 0 Å². The molecule has 5 nitrogen and oxygen atoms in total. The number of amides is 1. The van der Waals surface area contributed by atoms with Crippen molar-refractivity contribution in [2.24, 2.45) is 5.92 Å². The van der Waals surface area contributed by atoms with Crippen LogP contribution in [0.5, 0.6) is 0 Å². The Hall–Kier alpha value is -1.65. The number of hydrogen-bond donors (Lipinski definition) is 2. The SMILES string of the molecule is CCCNc1nc(C)cc(C(=O)NCC2CC2)n1. The lowest BCUT2D eigenvalue weighted by Gasteiger charge is -2.07. The van der Waals surface area contributed by atoms with Gasteiger partial charge in [0.05, 0.1) is 0 Å². The van der Waals surface area contributed by atoms with Gasteiger partial charge in [0.2, 0.25) is 5.95 Å². The monoisotopic (exact) mass is 248 g/mol. The Bertz CT molecular complexity index is 429. The summed E-state index contributed by atoms with van der Waals surface area (Å²) in [6, 6.07) is 1.72. The van der Waals surface area contributed by atoms with Crippen LogP contribution in [0.25, 0.3) is 0 Å². The van der Waals surface area contributed by atoms with Gasteiger partial charge in [-0.25, -0.2) is 9.97 Å². The van der Waals surface area contributed by atoms with Crippen molar-refractivity contribution in [2.75, 3.05) is 18.4 Å². The zero-order valence-electron chi connectivity index (χ0n) is 11.0. The van der Waals surface area contributed by atoms with E-state index in [2.05, 4.69) is 27.5 Å². The second-order valence-electron chi connectivity index (χ2n) is 4.80. The van der Waals surface area contributed by atoms with Crippen LogP contribution in [0, 0.1) is 12.8 Å². The fraction of sp³-hybridized carbons (Fsp3) is 0.615. The first-order valence-electron chi connectivity index (χ1n) is 6.56. The van der Waals surface area contributed by atoms with E-state index < -0.39 is 0 Å². The molecule has 98 valence electrons. The first-order chi connectivity index (χ1) is 8.69. The first-order valence-corrected chi connectivity index (χ1v) is 6.56. The third-order valence-electron chi connectivity index (χ3n) is 2.87. The fourth-order valence-corrected chi connectivity index (χ4v) is 1.65. The topological polar surface area (TPSA) is 66.9 Å². The highest BCUT2D eigenvalue weighted by Gasteiger charge is 2.22. The molecule has 0 bridgehead atoms. The third kappa shape index (κ3) is 3.68. The minimum Gasteiger partial charge on any atom is -0.354 e. The second-order valence-corrected chi connectivity index (χ2v) is 4.80. The molecule has 2 rings (SSSR count). The highest BCUT2D eigenvalue weighted by atomic mass is 16.1. The number of nitrogens with one attached hydrogen (secondary N) is 2. The number of aryl methyl sites for hydroxylation is 1. The smallest absolute Gasteiger partial charge is 0.270 e. The molecular formula is C13H20N4O. The highest BCUT2D eigenvalue weighted by molar-refractivity contribution is 5.92.